The average molecular weight is 372 g/mol. The fourth-order valence-electron chi connectivity index (χ4n) is 5.11. The molecule has 3 unspecified atom stereocenters. The lowest BCUT2D eigenvalue weighted by Crippen LogP contribution is -2.44. The maximum atomic E-state index is 12.7. The molecule has 0 spiro atoms. The van der Waals surface area contributed by atoms with Crippen molar-refractivity contribution in [2.45, 2.75) is 57.2 Å². The lowest BCUT2D eigenvalue weighted by Gasteiger charge is -2.35. The summed E-state index contributed by atoms with van der Waals surface area (Å²) in [5.41, 5.74) is 2.55. The number of benzene rings is 1. The maximum Gasteiger partial charge on any atom is 0.220 e. The number of amides is 1. The minimum atomic E-state index is 0.215. The molecule has 5 nitrogen and oxygen atoms in total. The van der Waals surface area contributed by atoms with Gasteiger partial charge in [-0.25, -0.2) is 0 Å². The molecule has 0 saturated carbocycles. The van der Waals surface area contributed by atoms with Crippen molar-refractivity contribution in [2.24, 2.45) is 5.92 Å². The third-order valence-electron chi connectivity index (χ3n) is 6.45. The third-order valence-corrected chi connectivity index (χ3v) is 6.45. The van der Waals surface area contributed by atoms with E-state index in [0.717, 1.165) is 39.1 Å². The normalized spacial score (nSPS) is 29.4. The average Bonchev–Trinajstić information content (AvgIpc) is 3.01. The van der Waals surface area contributed by atoms with Crippen molar-refractivity contribution in [3.63, 3.8) is 0 Å². The van der Waals surface area contributed by atoms with E-state index in [1.165, 1.54) is 24.0 Å². The summed E-state index contributed by atoms with van der Waals surface area (Å²) in [4.78, 5) is 15.1. The largest absolute Gasteiger partial charge is 0.379 e. The van der Waals surface area contributed by atoms with Crippen LogP contribution in [0.5, 0.6) is 0 Å². The van der Waals surface area contributed by atoms with Crippen molar-refractivity contribution < 1.29 is 9.53 Å². The first kappa shape index (κ1) is 18.9. The van der Waals surface area contributed by atoms with Gasteiger partial charge in [0.15, 0.2) is 0 Å². The molecule has 2 N–H and O–H groups in total. The number of ether oxygens (including phenoxy) is 1. The number of hydrogen-bond donors (Lipinski definition) is 2. The molecule has 5 heteroatoms. The van der Waals surface area contributed by atoms with Gasteiger partial charge in [-0.15, -0.1) is 0 Å². The number of nitrogens with one attached hydrogen (secondary N) is 2. The maximum absolute atomic E-state index is 12.7. The number of hydrogen-bond acceptors (Lipinski definition) is 4. The summed E-state index contributed by atoms with van der Waals surface area (Å²) in [6.45, 7) is 6.20. The molecule has 3 aliphatic heterocycles. The van der Waals surface area contributed by atoms with Gasteiger partial charge < -0.3 is 15.4 Å². The number of nitrogens with zero attached hydrogens (tertiary/aromatic N) is 1. The van der Waals surface area contributed by atoms with Gasteiger partial charge in [-0.2, -0.15) is 0 Å². The Hall–Kier alpha value is -1.43. The van der Waals surface area contributed by atoms with E-state index in [2.05, 4.69) is 46.7 Å². The number of aryl methyl sites for hydroxylation is 1. The van der Waals surface area contributed by atoms with E-state index in [1.807, 2.05) is 0 Å². The van der Waals surface area contributed by atoms with E-state index >= 15 is 0 Å². The van der Waals surface area contributed by atoms with Crippen LogP contribution in [0.2, 0.25) is 0 Å². The molecular weight excluding hydrogens is 338 g/mol. The number of piperidine rings is 1. The van der Waals surface area contributed by atoms with Gasteiger partial charge in [0.05, 0.1) is 19.3 Å². The first-order chi connectivity index (χ1) is 13.2. The predicted octanol–water partition coefficient (Wildman–Crippen LogP) is 2.41. The van der Waals surface area contributed by atoms with Crippen LogP contribution in [-0.2, 0) is 9.53 Å². The van der Waals surface area contributed by atoms with Crippen LogP contribution in [0.4, 0.5) is 0 Å². The standard InChI is InChI=1S/C22H33N3O2/c1-16-3-2-4-18(11-16)21(25-7-9-27-10-8-25)15-23-22(26)14-17-12-19-5-6-20(13-17)24-19/h2-4,11,17,19-21,24H,5-10,12-15H2,1H3,(H,23,26). The Kier molecular flexibility index (Phi) is 6.11. The molecule has 1 aromatic rings. The molecule has 4 rings (SSSR count). The summed E-state index contributed by atoms with van der Waals surface area (Å²) in [5.74, 6) is 0.761. The molecule has 3 fully saturated rings. The van der Waals surface area contributed by atoms with Crippen molar-refractivity contribution >= 4 is 5.91 Å². The number of carbonyl (C=O) groups is 1. The molecule has 148 valence electrons. The molecular formula is C22H33N3O2. The van der Waals surface area contributed by atoms with Crippen molar-refractivity contribution in [1.82, 2.24) is 15.5 Å². The lowest BCUT2D eigenvalue weighted by molar-refractivity contribution is -0.122. The Morgan fingerprint density at radius 2 is 2.00 bits per heavy atom. The van der Waals surface area contributed by atoms with Gasteiger partial charge in [0.2, 0.25) is 5.91 Å². The van der Waals surface area contributed by atoms with Gasteiger partial charge in [-0.1, -0.05) is 29.8 Å². The molecule has 3 atom stereocenters. The van der Waals surface area contributed by atoms with E-state index in [0.29, 0.717) is 31.0 Å². The minimum absolute atomic E-state index is 0.215. The smallest absolute Gasteiger partial charge is 0.220 e. The minimum Gasteiger partial charge on any atom is -0.379 e. The first-order valence-corrected chi connectivity index (χ1v) is 10.6. The van der Waals surface area contributed by atoms with E-state index in [1.54, 1.807) is 0 Å². The number of rotatable bonds is 6. The van der Waals surface area contributed by atoms with E-state index in [-0.39, 0.29) is 11.9 Å². The van der Waals surface area contributed by atoms with E-state index in [4.69, 9.17) is 4.74 Å². The second kappa shape index (κ2) is 8.72. The van der Waals surface area contributed by atoms with Crippen molar-refractivity contribution in [3.05, 3.63) is 35.4 Å². The van der Waals surface area contributed by atoms with Gasteiger partial charge in [0.1, 0.15) is 0 Å². The first-order valence-electron chi connectivity index (χ1n) is 10.6. The summed E-state index contributed by atoms with van der Waals surface area (Å²) in [7, 11) is 0. The summed E-state index contributed by atoms with van der Waals surface area (Å²) in [6.07, 6.45) is 5.58. The van der Waals surface area contributed by atoms with Crippen LogP contribution < -0.4 is 10.6 Å². The summed E-state index contributed by atoms with van der Waals surface area (Å²) in [5, 5.41) is 6.92. The quantitative estimate of drug-likeness (QED) is 0.806. The van der Waals surface area contributed by atoms with E-state index in [9.17, 15) is 4.79 Å². The third kappa shape index (κ3) is 4.89. The second-order valence-corrected chi connectivity index (χ2v) is 8.56. The zero-order valence-corrected chi connectivity index (χ0v) is 16.5. The topological polar surface area (TPSA) is 53.6 Å². The molecule has 27 heavy (non-hydrogen) atoms. The van der Waals surface area contributed by atoms with E-state index < -0.39 is 0 Å². The zero-order chi connectivity index (χ0) is 18.6. The van der Waals surface area contributed by atoms with Gasteiger partial charge in [0.25, 0.3) is 0 Å². The van der Waals surface area contributed by atoms with Gasteiger partial charge in [-0.3, -0.25) is 9.69 Å². The van der Waals surface area contributed by atoms with Crippen molar-refractivity contribution in [2.75, 3.05) is 32.8 Å². The molecule has 1 amide bonds. The monoisotopic (exact) mass is 371 g/mol. The highest BCUT2D eigenvalue weighted by atomic mass is 16.5. The molecule has 3 heterocycles. The van der Waals surface area contributed by atoms with Gasteiger partial charge >= 0.3 is 0 Å². The fourth-order valence-corrected chi connectivity index (χ4v) is 5.11. The Morgan fingerprint density at radius 3 is 2.70 bits per heavy atom. The zero-order valence-electron chi connectivity index (χ0n) is 16.5. The molecule has 1 aromatic carbocycles. The van der Waals surface area contributed by atoms with Crippen LogP contribution in [0, 0.1) is 12.8 Å². The number of morpholine rings is 1. The van der Waals surface area contributed by atoms with Crippen LogP contribution in [-0.4, -0.2) is 55.7 Å². The Bertz CT molecular complexity index is 632. The molecule has 2 bridgehead atoms. The molecule has 0 aromatic heterocycles. The van der Waals surface area contributed by atoms with Gasteiger partial charge in [-0.05, 0) is 44.1 Å². The van der Waals surface area contributed by atoms with Crippen LogP contribution in [0.3, 0.4) is 0 Å². The highest BCUT2D eigenvalue weighted by Gasteiger charge is 2.34. The predicted molar refractivity (Wildman–Crippen MR) is 107 cm³/mol. The second-order valence-electron chi connectivity index (χ2n) is 8.56. The fraction of sp³-hybridized carbons (Fsp3) is 0.682. The molecule has 0 radical (unpaired) electrons. The number of fused-ring (bicyclic) bond motifs is 2. The molecule has 3 saturated heterocycles. The summed E-state index contributed by atoms with van der Waals surface area (Å²) < 4.78 is 5.53. The summed E-state index contributed by atoms with van der Waals surface area (Å²) >= 11 is 0. The SMILES string of the molecule is Cc1cccc(C(CNC(=O)CC2CC3CCC(C2)N3)N2CCOCC2)c1. The van der Waals surface area contributed by atoms with Crippen LogP contribution in [0.25, 0.3) is 0 Å². The highest BCUT2D eigenvalue weighted by Crippen LogP contribution is 2.32. The van der Waals surface area contributed by atoms with Crippen molar-refractivity contribution in [3.8, 4) is 0 Å². The van der Waals surface area contributed by atoms with Crippen LogP contribution in [0.1, 0.15) is 49.3 Å². The molecule has 3 aliphatic rings. The van der Waals surface area contributed by atoms with Crippen molar-refractivity contribution in [1.29, 1.82) is 0 Å². The lowest BCUT2D eigenvalue weighted by atomic mass is 9.89. The number of carbonyl (C=O) groups excluding carboxylic acids is 1. The highest BCUT2D eigenvalue weighted by molar-refractivity contribution is 5.76. The summed E-state index contributed by atoms with van der Waals surface area (Å²) in [6, 6.07) is 10.2. The van der Waals surface area contributed by atoms with Crippen LogP contribution in [0.15, 0.2) is 24.3 Å². The Labute approximate surface area is 162 Å². The van der Waals surface area contributed by atoms with Crippen LogP contribution >= 0.6 is 0 Å². The van der Waals surface area contributed by atoms with Gasteiger partial charge in [0, 0.05) is 38.1 Å². The Morgan fingerprint density at radius 1 is 1.26 bits per heavy atom. The Balaban J connectivity index is 1.35. The molecule has 0 aliphatic carbocycles.